The summed E-state index contributed by atoms with van der Waals surface area (Å²) in [5.41, 5.74) is 1.71. The van der Waals surface area contributed by atoms with Crippen LogP contribution in [0.2, 0.25) is 0 Å². The fourth-order valence-electron chi connectivity index (χ4n) is 2.15. The number of benzene rings is 1. The van der Waals surface area contributed by atoms with E-state index in [1.54, 1.807) is 6.07 Å². The van der Waals surface area contributed by atoms with E-state index in [-0.39, 0.29) is 12.1 Å². The number of hydrogen-bond acceptors (Lipinski definition) is 3. The van der Waals surface area contributed by atoms with Crippen LogP contribution in [0.25, 0.3) is 0 Å². The van der Waals surface area contributed by atoms with Gasteiger partial charge in [-0.1, -0.05) is 12.1 Å². The molecule has 3 N–H and O–H groups in total. The van der Waals surface area contributed by atoms with E-state index >= 15 is 0 Å². The van der Waals surface area contributed by atoms with Crippen molar-refractivity contribution in [2.45, 2.75) is 32.0 Å². The van der Waals surface area contributed by atoms with Gasteiger partial charge in [-0.3, -0.25) is 0 Å². The zero-order chi connectivity index (χ0) is 15.4. The van der Waals surface area contributed by atoms with Crippen molar-refractivity contribution in [2.75, 3.05) is 11.9 Å². The molecule has 0 aliphatic carbocycles. The molecule has 0 spiro atoms. The number of carboxylic acids is 1. The van der Waals surface area contributed by atoms with E-state index in [2.05, 4.69) is 26.6 Å². The molecule has 1 fully saturated rings. The van der Waals surface area contributed by atoms with Gasteiger partial charge in [0.25, 0.3) is 0 Å². The van der Waals surface area contributed by atoms with Crippen LogP contribution < -0.4 is 10.6 Å². The highest BCUT2D eigenvalue weighted by atomic mass is 79.9. The van der Waals surface area contributed by atoms with Crippen molar-refractivity contribution in [3.05, 3.63) is 28.2 Å². The normalized spacial score (nSPS) is 21.0. The molecule has 21 heavy (non-hydrogen) atoms. The number of rotatable bonds is 4. The molecule has 2 unspecified atom stereocenters. The van der Waals surface area contributed by atoms with Crippen LogP contribution in [0.4, 0.5) is 10.5 Å². The Hall–Kier alpha value is -1.60. The van der Waals surface area contributed by atoms with Crippen LogP contribution in [0.5, 0.6) is 0 Å². The number of hydrogen-bond donors (Lipinski definition) is 3. The largest absolute Gasteiger partial charge is 0.479 e. The van der Waals surface area contributed by atoms with Crippen molar-refractivity contribution in [2.24, 2.45) is 0 Å². The zero-order valence-electron chi connectivity index (χ0n) is 11.6. The number of carboxylic acid groups (broad SMARTS) is 1. The summed E-state index contributed by atoms with van der Waals surface area (Å²) in [6, 6.07) is 5.24. The van der Waals surface area contributed by atoms with E-state index in [9.17, 15) is 9.59 Å². The number of nitrogens with one attached hydrogen (secondary N) is 2. The van der Waals surface area contributed by atoms with E-state index in [4.69, 9.17) is 9.84 Å². The van der Waals surface area contributed by atoms with Crippen molar-refractivity contribution in [3.8, 4) is 0 Å². The number of urea groups is 1. The topological polar surface area (TPSA) is 87.7 Å². The first-order valence-corrected chi connectivity index (χ1v) is 7.45. The number of carbonyl (C=O) groups is 2. The van der Waals surface area contributed by atoms with Crippen LogP contribution >= 0.6 is 15.9 Å². The van der Waals surface area contributed by atoms with Crippen LogP contribution in [0.3, 0.4) is 0 Å². The maximum atomic E-state index is 11.8. The van der Waals surface area contributed by atoms with Gasteiger partial charge >= 0.3 is 12.0 Å². The minimum absolute atomic E-state index is 0.252. The van der Waals surface area contributed by atoms with Crippen molar-refractivity contribution < 1.29 is 19.4 Å². The van der Waals surface area contributed by atoms with Gasteiger partial charge in [-0.2, -0.15) is 0 Å². The summed E-state index contributed by atoms with van der Waals surface area (Å²) in [7, 11) is 0. The van der Waals surface area contributed by atoms with Crippen molar-refractivity contribution in [1.29, 1.82) is 0 Å². The molecule has 1 saturated heterocycles. The Morgan fingerprint density at radius 1 is 1.43 bits per heavy atom. The van der Waals surface area contributed by atoms with Gasteiger partial charge in [0.1, 0.15) is 0 Å². The van der Waals surface area contributed by atoms with Crippen LogP contribution in [-0.2, 0) is 9.53 Å². The van der Waals surface area contributed by atoms with Gasteiger partial charge < -0.3 is 20.5 Å². The number of aryl methyl sites for hydroxylation is 1. The number of halogens is 1. The number of aliphatic carboxylic acids is 1. The molecule has 1 heterocycles. The van der Waals surface area contributed by atoms with Gasteiger partial charge in [0.15, 0.2) is 6.10 Å². The molecular weight excluding hydrogens is 340 g/mol. The first-order valence-electron chi connectivity index (χ1n) is 6.65. The third-order valence-corrected chi connectivity index (χ3v) is 4.37. The molecule has 1 aliphatic rings. The summed E-state index contributed by atoms with van der Waals surface area (Å²) in [6.45, 7) is 2.23. The first kappa shape index (κ1) is 15.8. The molecule has 7 heteroatoms. The Kier molecular flexibility index (Phi) is 5.19. The van der Waals surface area contributed by atoms with Crippen LogP contribution in [0.1, 0.15) is 18.4 Å². The van der Waals surface area contributed by atoms with Gasteiger partial charge in [-0.15, -0.1) is 0 Å². The van der Waals surface area contributed by atoms with Crippen LogP contribution in [-0.4, -0.2) is 35.9 Å². The number of ether oxygens (including phenoxy) is 1. The SMILES string of the molecule is Cc1cccc(NC(=O)NCC2CCC(C(=O)O)O2)c1Br. The van der Waals surface area contributed by atoms with Gasteiger partial charge in [-0.25, -0.2) is 9.59 Å². The average molecular weight is 357 g/mol. The van der Waals surface area contributed by atoms with Gasteiger partial charge in [0, 0.05) is 11.0 Å². The van der Waals surface area contributed by atoms with E-state index in [0.717, 1.165) is 10.0 Å². The molecule has 1 aromatic carbocycles. The molecule has 114 valence electrons. The lowest BCUT2D eigenvalue weighted by Gasteiger charge is -2.14. The minimum Gasteiger partial charge on any atom is -0.479 e. The molecule has 0 aromatic heterocycles. The van der Waals surface area contributed by atoms with Crippen molar-refractivity contribution in [1.82, 2.24) is 5.32 Å². The lowest BCUT2D eigenvalue weighted by molar-refractivity contribution is -0.149. The number of anilines is 1. The Labute approximate surface area is 131 Å². The second-order valence-electron chi connectivity index (χ2n) is 4.93. The fraction of sp³-hybridized carbons (Fsp3) is 0.429. The van der Waals surface area contributed by atoms with E-state index < -0.39 is 12.1 Å². The summed E-state index contributed by atoms with van der Waals surface area (Å²) in [4.78, 5) is 22.6. The Morgan fingerprint density at radius 3 is 2.86 bits per heavy atom. The lowest BCUT2D eigenvalue weighted by atomic mass is 10.2. The molecule has 0 radical (unpaired) electrons. The van der Waals surface area contributed by atoms with Crippen LogP contribution in [0.15, 0.2) is 22.7 Å². The number of amides is 2. The third-order valence-electron chi connectivity index (χ3n) is 3.31. The molecule has 0 saturated carbocycles. The maximum absolute atomic E-state index is 11.8. The van der Waals surface area contributed by atoms with Crippen LogP contribution in [0, 0.1) is 6.92 Å². The van der Waals surface area contributed by atoms with Crippen molar-refractivity contribution >= 4 is 33.6 Å². The predicted molar refractivity (Wildman–Crippen MR) is 81.4 cm³/mol. The highest BCUT2D eigenvalue weighted by Gasteiger charge is 2.30. The first-order chi connectivity index (χ1) is 9.97. The highest BCUT2D eigenvalue weighted by Crippen LogP contribution is 2.25. The highest BCUT2D eigenvalue weighted by molar-refractivity contribution is 9.10. The monoisotopic (exact) mass is 356 g/mol. The molecule has 0 bridgehead atoms. The molecule has 2 rings (SSSR count). The molecule has 1 aliphatic heterocycles. The Bertz CT molecular complexity index is 550. The summed E-state index contributed by atoms with van der Waals surface area (Å²) >= 11 is 3.42. The second-order valence-corrected chi connectivity index (χ2v) is 5.73. The predicted octanol–water partition coefficient (Wildman–Crippen LogP) is 2.51. The fourth-order valence-corrected chi connectivity index (χ4v) is 2.52. The molecule has 2 amide bonds. The molecular formula is C14H17BrN2O4. The maximum Gasteiger partial charge on any atom is 0.332 e. The van der Waals surface area contributed by atoms with Crippen molar-refractivity contribution in [3.63, 3.8) is 0 Å². The smallest absolute Gasteiger partial charge is 0.332 e. The Morgan fingerprint density at radius 2 is 2.19 bits per heavy atom. The van der Waals surface area contributed by atoms with E-state index in [1.165, 1.54) is 0 Å². The quantitative estimate of drug-likeness (QED) is 0.773. The molecule has 6 nitrogen and oxygen atoms in total. The standard InChI is InChI=1S/C14H17BrN2O4/c1-8-3-2-4-10(12(8)15)17-14(20)16-7-9-5-6-11(21-9)13(18)19/h2-4,9,11H,5-7H2,1H3,(H,18,19)(H2,16,17,20). The lowest BCUT2D eigenvalue weighted by Crippen LogP contribution is -2.36. The van der Waals surface area contributed by atoms with Gasteiger partial charge in [0.2, 0.25) is 0 Å². The summed E-state index contributed by atoms with van der Waals surface area (Å²) in [5.74, 6) is -0.953. The molecule has 2 atom stereocenters. The average Bonchev–Trinajstić information content (AvgIpc) is 2.91. The Balaban J connectivity index is 1.80. The second kappa shape index (κ2) is 6.91. The zero-order valence-corrected chi connectivity index (χ0v) is 13.1. The molecule has 1 aromatic rings. The summed E-state index contributed by atoms with van der Waals surface area (Å²) in [5, 5.41) is 14.3. The van der Waals surface area contributed by atoms with E-state index in [0.29, 0.717) is 25.1 Å². The summed E-state index contributed by atoms with van der Waals surface area (Å²) < 4.78 is 6.15. The third kappa shape index (κ3) is 4.18. The minimum atomic E-state index is -0.953. The van der Waals surface area contributed by atoms with E-state index in [1.807, 2.05) is 19.1 Å². The summed E-state index contributed by atoms with van der Waals surface area (Å²) in [6.07, 6.45) is 0.0987. The van der Waals surface area contributed by atoms with Gasteiger partial charge in [-0.05, 0) is 47.3 Å². The van der Waals surface area contributed by atoms with Gasteiger partial charge in [0.05, 0.1) is 11.8 Å². The number of carbonyl (C=O) groups excluding carboxylic acids is 1.